The minimum Gasteiger partial charge on any atom is -0.453 e. The number of carbonyl (C=O) groups is 1. The summed E-state index contributed by atoms with van der Waals surface area (Å²) in [7, 11) is 3.29. The molecule has 0 aliphatic heterocycles. The van der Waals surface area contributed by atoms with Crippen LogP contribution in [-0.2, 0) is 17.9 Å². The third-order valence-corrected chi connectivity index (χ3v) is 3.08. The lowest BCUT2D eigenvalue weighted by Crippen LogP contribution is -2.26. The molecular formula is C14H18N2O4. The fourth-order valence-corrected chi connectivity index (χ4v) is 1.94. The topological polar surface area (TPSA) is 68.7 Å². The molecule has 2 aromatic heterocycles. The Morgan fingerprint density at radius 3 is 2.75 bits per heavy atom. The molecule has 2 aromatic rings. The van der Waals surface area contributed by atoms with Crippen molar-refractivity contribution in [3.63, 3.8) is 0 Å². The van der Waals surface area contributed by atoms with Crippen molar-refractivity contribution in [3.8, 4) is 0 Å². The Bertz CT molecular complexity index is 581. The summed E-state index contributed by atoms with van der Waals surface area (Å²) in [6.07, 6.45) is 0. The van der Waals surface area contributed by atoms with Crippen LogP contribution in [0.15, 0.2) is 21.1 Å². The van der Waals surface area contributed by atoms with E-state index in [0.717, 1.165) is 17.0 Å². The van der Waals surface area contributed by atoms with Gasteiger partial charge in [-0.2, -0.15) is 0 Å². The lowest BCUT2D eigenvalue weighted by atomic mass is 10.2. The van der Waals surface area contributed by atoms with Crippen LogP contribution in [0, 0.1) is 13.8 Å². The van der Waals surface area contributed by atoms with Crippen molar-refractivity contribution in [2.45, 2.75) is 27.0 Å². The van der Waals surface area contributed by atoms with Crippen LogP contribution in [0.4, 0.5) is 0 Å². The van der Waals surface area contributed by atoms with Gasteiger partial charge in [0, 0.05) is 19.7 Å². The molecule has 0 unspecified atom stereocenters. The number of carbonyl (C=O) groups excluding carboxylic acids is 1. The van der Waals surface area contributed by atoms with Crippen molar-refractivity contribution in [1.29, 1.82) is 0 Å². The summed E-state index contributed by atoms with van der Waals surface area (Å²) in [5.74, 6) is 1.46. The molecule has 0 spiro atoms. The highest BCUT2D eigenvalue weighted by molar-refractivity contribution is 5.91. The number of nitrogens with zero attached hydrogens (tertiary/aromatic N) is 2. The number of methoxy groups -OCH3 is 1. The van der Waals surface area contributed by atoms with E-state index in [1.807, 2.05) is 13.8 Å². The first-order valence-electron chi connectivity index (χ1n) is 6.27. The smallest absolute Gasteiger partial charge is 0.289 e. The zero-order chi connectivity index (χ0) is 14.7. The number of hydrogen-bond donors (Lipinski definition) is 0. The van der Waals surface area contributed by atoms with E-state index < -0.39 is 0 Å². The van der Waals surface area contributed by atoms with Crippen molar-refractivity contribution in [2.24, 2.45) is 0 Å². The van der Waals surface area contributed by atoms with E-state index in [0.29, 0.717) is 24.7 Å². The van der Waals surface area contributed by atoms with Crippen LogP contribution in [0.1, 0.15) is 33.3 Å². The number of amides is 1. The maximum absolute atomic E-state index is 12.3. The van der Waals surface area contributed by atoms with E-state index in [9.17, 15) is 4.79 Å². The van der Waals surface area contributed by atoms with Crippen molar-refractivity contribution in [2.75, 3.05) is 14.2 Å². The maximum atomic E-state index is 12.3. The van der Waals surface area contributed by atoms with Gasteiger partial charge in [0.25, 0.3) is 5.91 Å². The molecule has 6 nitrogen and oxygen atoms in total. The molecule has 2 heterocycles. The lowest BCUT2D eigenvalue weighted by Gasteiger charge is -2.15. The molecule has 6 heteroatoms. The highest BCUT2D eigenvalue weighted by Crippen LogP contribution is 2.17. The zero-order valence-corrected chi connectivity index (χ0v) is 12.1. The van der Waals surface area contributed by atoms with Gasteiger partial charge in [-0.3, -0.25) is 4.79 Å². The van der Waals surface area contributed by atoms with Gasteiger partial charge < -0.3 is 18.6 Å². The van der Waals surface area contributed by atoms with Gasteiger partial charge in [0.05, 0.1) is 12.2 Å². The summed E-state index contributed by atoms with van der Waals surface area (Å²) in [6.45, 7) is 4.46. The van der Waals surface area contributed by atoms with Crippen molar-refractivity contribution >= 4 is 5.91 Å². The minimum absolute atomic E-state index is 0.188. The van der Waals surface area contributed by atoms with Gasteiger partial charge in [-0.1, -0.05) is 5.16 Å². The second kappa shape index (κ2) is 5.92. The molecule has 1 amide bonds. The van der Waals surface area contributed by atoms with Gasteiger partial charge in [0.1, 0.15) is 18.1 Å². The number of aromatic nitrogens is 1. The van der Waals surface area contributed by atoms with Gasteiger partial charge in [-0.25, -0.2) is 0 Å². The fourth-order valence-electron chi connectivity index (χ4n) is 1.94. The second-order valence-electron chi connectivity index (χ2n) is 4.66. The molecule has 20 heavy (non-hydrogen) atoms. The Morgan fingerprint density at radius 1 is 1.40 bits per heavy atom. The van der Waals surface area contributed by atoms with E-state index in [2.05, 4.69) is 5.16 Å². The highest BCUT2D eigenvalue weighted by Gasteiger charge is 2.19. The number of ether oxygens (including phenoxy) is 1. The summed E-state index contributed by atoms with van der Waals surface area (Å²) < 4.78 is 15.5. The van der Waals surface area contributed by atoms with Gasteiger partial charge in [0.15, 0.2) is 5.76 Å². The normalized spacial score (nSPS) is 10.8. The van der Waals surface area contributed by atoms with Gasteiger partial charge >= 0.3 is 0 Å². The molecule has 0 fully saturated rings. The van der Waals surface area contributed by atoms with Gasteiger partial charge in [-0.05, 0) is 26.0 Å². The molecule has 0 atom stereocenters. The molecule has 0 radical (unpaired) electrons. The van der Waals surface area contributed by atoms with Crippen molar-refractivity contribution < 1.29 is 18.5 Å². The van der Waals surface area contributed by atoms with Crippen LogP contribution in [0.3, 0.4) is 0 Å². The van der Waals surface area contributed by atoms with Crippen LogP contribution in [0.5, 0.6) is 0 Å². The molecule has 0 saturated heterocycles. The Kier molecular flexibility index (Phi) is 4.24. The van der Waals surface area contributed by atoms with Crippen LogP contribution >= 0.6 is 0 Å². The molecule has 0 aliphatic carbocycles. The van der Waals surface area contributed by atoms with E-state index in [1.165, 1.54) is 0 Å². The lowest BCUT2D eigenvalue weighted by molar-refractivity contribution is 0.0745. The minimum atomic E-state index is -0.188. The molecule has 0 N–H and O–H groups in total. The summed E-state index contributed by atoms with van der Waals surface area (Å²) >= 11 is 0. The standard InChI is InChI=1S/C14H18N2O4/c1-9-12(10(2)20-15-9)7-16(3)14(17)13-6-5-11(19-13)8-18-4/h5-6H,7-8H2,1-4H3. The van der Waals surface area contributed by atoms with Gasteiger partial charge in [-0.15, -0.1) is 0 Å². The first kappa shape index (κ1) is 14.3. The SMILES string of the molecule is COCc1ccc(C(=O)N(C)Cc2c(C)noc2C)o1. The number of furan rings is 1. The molecule has 0 bridgehead atoms. The molecule has 108 valence electrons. The molecule has 0 aliphatic rings. The van der Waals surface area contributed by atoms with E-state index in [1.54, 1.807) is 31.2 Å². The first-order chi connectivity index (χ1) is 9.52. The van der Waals surface area contributed by atoms with E-state index in [4.69, 9.17) is 13.7 Å². The zero-order valence-electron chi connectivity index (χ0n) is 12.1. The maximum Gasteiger partial charge on any atom is 0.289 e. The third kappa shape index (κ3) is 2.91. The fraction of sp³-hybridized carbons (Fsp3) is 0.429. The quantitative estimate of drug-likeness (QED) is 0.839. The van der Waals surface area contributed by atoms with E-state index in [-0.39, 0.29) is 5.91 Å². The first-order valence-corrected chi connectivity index (χ1v) is 6.27. The Morgan fingerprint density at radius 2 is 2.15 bits per heavy atom. The summed E-state index contributed by atoms with van der Waals surface area (Å²) in [5.41, 5.74) is 1.71. The van der Waals surface area contributed by atoms with Crippen LogP contribution in [0.2, 0.25) is 0 Å². The van der Waals surface area contributed by atoms with Gasteiger partial charge in [0.2, 0.25) is 0 Å². The largest absolute Gasteiger partial charge is 0.453 e. The molecule has 2 rings (SSSR count). The summed E-state index contributed by atoms with van der Waals surface area (Å²) in [5, 5.41) is 3.88. The Balaban J connectivity index is 2.08. The highest BCUT2D eigenvalue weighted by atomic mass is 16.5. The average Bonchev–Trinajstić information content (AvgIpc) is 3.00. The molecular weight excluding hydrogens is 260 g/mol. The Labute approximate surface area is 117 Å². The monoisotopic (exact) mass is 278 g/mol. The van der Waals surface area contributed by atoms with Crippen molar-refractivity contribution in [1.82, 2.24) is 10.1 Å². The molecule has 0 aromatic carbocycles. The van der Waals surface area contributed by atoms with Crippen molar-refractivity contribution in [3.05, 3.63) is 40.7 Å². The third-order valence-electron chi connectivity index (χ3n) is 3.08. The Hall–Kier alpha value is -2.08. The predicted molar refractivity (Wildman–Crippen MR) is 71.2 cm³/mol. The number of aryl methyl sites for hydroxylation is 2. The predicted octanol–water partition coefficient (Wildman–Crippen LogP) is 2.30. The van der Waals surface area contributed by atoms with Crippen LogP contribution < -0.4 is 0 Å². The van der Waals surface area contributed by atoms with Crippen LogP contribution in [0.25, 0.3) is 0 Å². The summed E-state index contributed by atoms with van der Waals surface area (Å²) in [6, 6.07) is 3.39. The van der Waals surface area contributed by atoms with E-state index >= 15 is 0 Å². The van der Waals surface area contributed by atoms with Crippen LogP contribution in [-0.4, -0.2) is 30.1 Å². The average molecular weight is 278 g/mol. The number of rotatable bonds is 5. The molecule has 0 saturated carbocycles. The second-order valence-corrected chi connectivity index (χ2v) is 4.66. The summed E-state index contributed by atoms with van der Waals surface area (Å²) in [4.78, 5) is 13.8. The number of hydrogen-bond acceptors (Lipinski definition) is 5.